The zero-order valence-corrected chi connectivity index (χ0v) is 14.8. The Morgan fingerprint density at radius 1 is 1.24 bits per heavy atom. The second-order valence-corrected chi connectivity index (χ2v) is 7.38. The molecule has 0 bridgehead atoms. The molecule has 1 aromatic carbocycles. The molecular formula is C16H22BBrO3. The van der Waals surface area contributed by atoms with E-state index in [0.717, 1.165) is 21.1 Å². The van der Waals surface area contributed by atoms with Gasteiger partial charge in [-0.1, -0.05) is 28.1 Å². The van der Waals surface area contributed by atoms with Crippen molar-refractivity contribution in [3.63, 3.8) is 0 Å². The van der Waals surface area contributed by atoms with Crippen LogP contribution >= 0.6 is 15.9 Å². The van der Waals surface area contributed by atoms with Gasteiger partial charge in [0.05, 0.1) is 17.8 Å². The number of benzene rings is 1. The van der Waals surface area contributed by atoms with Gasteiger partial charge in [-0.2, -0.15) is 0 Å². The number of hydrogen-bond donors (Lipinski definition) is 1. The smallest absolute Gasteiger partial charge is 0.400 e. The van der Waals surface area contributed by atoms with Gasteiger partial charge in [0.2, 0.25) is 0 Å². The Kier molecular flexibility index (Phi) is 4.69. The van der Waals surface area contributed by atoms with E-state index in [1.807, 2.05) is 58.9 Å². The highest BCUT2D eigenvalue weighted by atomic mass is 79.9. The number of rotatable bonds is 3. The van der Waals surface area contributed by atoms with Crippen LogP contribution in [0.4, 0.5) is 0 Å². The van der Waals surface area contributed by atoms with E-state index in [9.17, 15) is 5.11 Å². The van der Waals surface area contributed by atoms with Gasteiger partial charge in [-0.3, -0.25) is 0 Å². The van der Waals surface area contributed by atoms with Gasteiger partial charge in [-0.25, -0.2) is 0 Å². The zero-order chi connectivity index (χ0) is 15.8. The first-order valence-corrected chi connectivity index (χ1v) is 7.89. The zero-order valence-electron chi connectivity index (χ0n) is 13.2. The quantitative estimate of drug-likeness (QED) is 0.841. The van der Waals surface area contributed by atoms with Crippen LogP contribution in [-0.4, -0.2) is 30.0 Å². The minimum atomic E-state index is -0.511. The predicted octanol–water partition coefficient (Wildman–Crippen LogP) is 3.76. The van der Waals surface area contributed by atoms with Crippen molar-refractivity contribution in [3.8, 4) is 0 Å². The highest BCUT2D eigenvalue weighted by Gasteiger charge is 2.52. The molecule has 21 heavy (non-hydrogen) atoms. The van der Waals surface area contributed by atoms with Crippen LogP contribution < -0.4 is 0 Å². The Labute approximate surface area is 135 Å². The molecule has 0 spiro atoms. The van der Waals surface area contributed by atoms with E-state index in [4.69, 9.17) is 9.31 Å². The molecule has 5 heteroatoms. The van der Waals surface area contributed by atoms with E-state index >= 15 is 0 Å². The summed E-state index contributed by atoms with van der Waals surface area (Å²) in [5.41, 5.74) is 2.12. The standard InChI is InChI=1S/C16H22BBrO3/c1-11-8-14(18)7-6-12(11)9-13(10-19)17-20-15(2,3)16(4,5)21-17/h6-9,19H,10H2,1-5H3. The molecule has 3 nitrogen and oxygen atoms in total. The molecule has 0 radical (unpaired) electrons. The Balaban J connectivity index is 2.31. The first kappa shape index (κ1) is 16.8. The molecule has 1 saturated heterocycles. The molecule has 1 N–H and O–H groups in total. The molecule has 114 valence electrons. The lowest BCUT2D eigenvalue weighted by Gasteiger charge is -2.32. The summed E-state index contributed by atoms with van der Waals surface area (Å²) in [5.74, 6) is 0. The number of halogens is 1. The number of aliphatic hydroxyl groups is 1. The normalized spacial score (nSPS) is 20.9. The lowest BCUT2D eigenvalue weighted by atomic mass is 9.77. The third-order valence-electron chi connectivity index (χ3n) is 4.31. The van der Waals surface area contributed by atoms with E-state index in [0.29, 0.717) is 0 Å². The van der Waals surface area contributed by atoms with Gasteiger partial charge in [0.15, 0.2) is 0 Å². The maximum absolute atomic E-state index is 9.70. The summed E-state index contributed by atoms with van der Waals surface area (Å²) < 4.78 is 13.0. The van der Waals surface area contributed by atoms with Crippen LogP contribution in [0.1, 0.15) is 38.8 Å². The summed E-state index contributed by atoms with van der Waals surface area (Å²) in [6.45, 7) is 9.97. The second kappa shape index (κ2) is 5.88. The third kappa shape index (κ3) is 3.42. The fourth-order valence-corrected chi connectivity index (χ4v) is 2.66. The van der Waals surface area contributed by atoms with E-state index < -0.39 is 18.3 Å². The average molecular weight is 353 g/mol. The van der Waals surface area contributed by atoms with Crippen molar-refractivity contribution < 1.29 is 14.4 Å². The molecule has 0 unspecified atom stereocenters. The van der Waals surface area contributed by atoms with Crippen molar-refractivity contribution >= 4 is 29.1 Å². The Morgan fingerprint density at radius 2 is 1.81 bits per heavy atom. The van der Waals surface area contributed by atoms with Crippen molar-refractivity contribution in [2.45, 2.75) is 45.8 Å². The molecule has 2 rings (SSSR count). The van der Waals surface area contributed by atoms with Crippen LogP contribution in [0.25, 0.3) is 6.08 Å². The van der Waals surface area contributed by atoms with Crippen LogP contribution in [0.15, 0.2) is 28.1 Å². The molecule has 1 aliphatic heterocycles. The highest BCUT2D eigenvalue weighted by molar-refractivity contribution is 9.10. The van der Waals surface area contributed by atoms with Gasteiger partial charge >= 0.3 is 7.12 Å². The minimum Gasteiger partial charge on any atom is -0.400 e. The van der Waals surface area contributed by atoms with E-state index in [2.05, 4.69) is 15.9 Å². The summed E-state index contributed by atoms with van der Waals surface area (Å²) in [7, 11) is -0.511. The van der Waals surface area contributed by atoms with Gasteiger partial charge in [0, 0.05) is 4.47 Å². The number of aryl methyl sites for hydroxylation is 1. The third-order valence-corrected chi connectivity index (χ3v) is 4.80. The second-order valence-electron chi connectivity index (χ2n) is 6.47. The fraction of sp³-hybridized carbons (Fsp3) is 0.500. The Bertz CT molecular complexity index is 551. The first-order chi connectivity index (χ1) is 9.66. The predicted molar refractivity (Wildman–Crippen MR) is 90.0 cm³/mol. The molecule has 1 aromatic rings. The summed E-state index contributed by atoms with van der Waals surface area (Å²) in [4.78, 5) is 0. The molecule has 1 aliphatic rings. The largest absolute Gasteiger partial charge is 0.492 e. The Hall–Kier alpha value is -0.615. The maximum atomic E-state index is 9.70. The first-order valence-electron chi connectivity index (χ1n) is 7.09. The lowest BCUT2D eigenvalue weighted by molar-refractivity contribution is 0.00578. The van der Waals surface area contributed by atoms with Crippen molar-refractivity contribution in [2.75, 3.05) is 6.61 Å². The molecular weight excluding hydrogens is 331 g/mol. The molecule has 0 saturated carbocycles. The minimum absolute atomic E-state index is 0.0909. The summed E-state index contributed by atoms with van der Waals surface area (Å²) in [6.07, 6.45) is 1.95. The van der Waals surface area contributed by atoms with Crippen LogP contribution in [0, 0.1) is 6.92 Å². The van der Waals surface area contributed by atoms with Crippen LogP contribution in [0.2, 0.25) is 0 Å². The van der Waals surface area contributed by atoms with Gasteiger partial charge in [0.1, 0.15) is 0 Å². The molecule has 1 fully saturated rings. The molecule has 1 heterocycles. The van der Waals surface area contributed by atoms with Gasteiger partial charge in [0.25, 0.3) is 0 Å². The monoisotopic (exact) mass is 352 g/mol. The average Bonchev–Trinajstić information content (AvgIpc) is 2.57. The molecule has 0 aromatic heterocycles. The van der Waals surface area contributed by atoms with E-state index in [1.165, 1.54) is 0 Å². The fourth-order valence-electron chi connectivity index (χ4n) is 2.18. The van der Waals surface area contributed by atoms with Gasteiger partial charge < -0.3 is 14.4 Å². The van der Waals surface area contributed by atoms with Crippen LogP contribution in [-0.2, 0) is 9.31 Å². The summed E-state index contributed by atoms with van der Waals surface area (Å²) in [6, 6.07) is 6.05. The molecule has 0 atom stereocenters. The van der Waals surface area contributed by atoms with Crippen molar-refractivity contribution in [2.24, 2.45) is 0 Å². The van der Waals surface area contributed by atoms with Crippen LogP contribution in [0.3, 0.4) is 0 Å². The van der Waals surface area contributed by atoms with Crippen molar-refractivity contribution in [1.82, 2.24) is 0 Å². The van der Waals surface area contributed by atoms with Gasteiger partial charge in [-0.15, -0.1) is 0 Å². The number of hydrogen-bond acceptors (Lipinski definition) is 3. The Morgan fingerprint density at radius 3 is 2.29 bits per heavy atom. The molecule has 0 aliphatic carbocycles. The van der Waals surface area contributed by atoms with Crippen LogP contribution in [0.5, 0.6) is 0 Å². The van der Waals surface area contributed by atoms with E-state index in [-0.39, 0.29) is 6.61 Å². The maximum Gasteiger partial charge on any atom is 0.492 e. The van der Waals surface area contributed by atoms with E-state index in [1.54, 1.807) is 0 Å². The highest BCUT2D eigenvalue weighted by Crippen LogP contribution is 2.38. The topological polar surface area (TPSA) is 38.7 Å². The molecule has 0 amide bonds. The van der Waals surface area contributed by atoms with Gasteiger partial charge in [-0.05, 0) is 63.4 Å². The summed E-state index contributed by atoms with van der Waals surface area (Å²) >= 11 is 3.46. The lowest BCUT2D eigenvalue weighted by Crippen LogP contribution is -2.41. The number of aliphatic hydroxyl groups excluding tert-OH is 1. The summed E-state index contributed by atoms with van der Waals surface area (Å²) in [5, 5.41) is 9.70. The van der Waals surface area contributed by atoms with Crippen molar-refractivity contribution in [3.05, 3.63) is 39.3 Å². The van der Waals surface area contributed by atoms with Crippen molar-refractivity contribution in [1.29, 1.82) is 0 Å². The SMILES string of the molecule is Cc1cc(Br)ccc1C=C(CO)B1OC(C)(C)C(C)(C)O1.